The van der Waals surface area contributed by atoms with Gasteiger partial charge >= 0.3 is 27.3 Å². The molecule has 6 N–H and O–H groups in total. The molecule has 11 nitrogen and oxygen atoms in total. The van der Waals surface area contributed by atoms with E-state index >= 15 is 0 Å². The fourth-order valence-electron chi connectivity index (χ4n) is 0. The second-order valence-electron chi connectivity index (χ2n) is 0.447. The molecule has 0 aromatic carbocycles. The molecule has 0 rings (SSSR count). The van der Waals surface area contributed by atoms with Crippen molar-refractivity contribution in [3.63, 3.8) is 0 Å². The number of rotatable bonds is 0. The largest absolute Gasteiger partial charge is 2.00 e. The molecule has 0 aromatic heterocycles. The van der Waals surface area contributed by atoms with Gasteiger partial charge in [0.15, 0.2) is 0 Å². The minimum Gasteiger partial charge on any atom is -0.412 e. The molecule has 12 heteroatoms. The van der Waals surface area contributed by atoms with Crippen LogP contribution in [0.3, 0.4) is 0 Å². The Labute approximate surface area is 84.9 Å². The molecule has 0 unspecified atom stereocenters. The molecule has 0 radical (unpaired) electrons. The van der Waals surface area contributed by atoms with Crippen LogP contribution < -0.4 is 0 Å². The van der Waals surface area contributed by atoms with Crippen LogP contribution in [-0.4, -0.2) is 26.6 Å². The first-order valence-electron chi connectivity index (χ1n) is 1.10. The van der Waals surface area contributed by atoms with Gasteiger partial charge < -0.3 is 47.1 Å². The Balaban J connectivity index is -0.0000000112. The topological polar surface area (TPSA) is 227 Å². The van der Waals surface area contributed by atoms with Crippen molar-refractivity contribution in [2.75, 3.05) is 0 Å². The summed E-state index contributed by atoms with van der Waals surface area (Å²) in [5.74, 6) is 0. The van der Waals surface area contributed by atoms with Gasteiger partial charge in [0.05, 0.1) is 10.2 Å². The summed E-state index contributed by atoms with van der Waals surface area (Å²) in [6.45, 7) is 0. The maximum absolute atomic E-state index is 8.25. The van der Waals surface area contributed by atoms with Crippen molar-refractivity contribution in [2.45, 2.75) is 0 Å². The first kappa shape index (κ1) is 43.1. The van der Waals surface area contributed by atoms with Gasteiger partial charge in [-0.25, -0.2) is 0 Å². The van der Waals surface area contributed by atoms with Crippen molar-refractivity contribution in [1.29, 1.82) is 0 Å². The third kappa shape index (κ3) is 972. The van der Waals surface area contributed by atoms with Gasteiger partial charge in [-0.3, -0.25) is 0 Å². The summed E-state index contributed by atoms with van der Waals surface area (Å²) in [5.41, 5.74) is 0. The van der Waals surface area contributed by atoms with E-state index in [4.69, 9.17) is 30.6 Å². The van der Waals surface area contributed by atoms with Gasteiger partial charge in [-0.05, 0) is 0 Å². The fourth-order valence-corrected chi connectivity index (χ4v) is 0. The van der Waals surface area contributed by atoms with Gasteiger partial charge in [-0.15, -0.1) is 0 Å². The molecule has 0 aliphatic rings. The number of hydrogen-bond acceptors (Lipinski definition) is 6. The molecule has 0 spiro atoms. The normalized spacial score (nSPS) is 4.00. The van der Waals surface area contributed by atoms with E-state index in [0.717, 1.165) is 0 Å². The van der Waals surface area contributed by atoms with Crippen molar-refractivity contribution in [3.05, 3.63) is 30.6 Å². The summed E-state index contributed by atoms with van der Waals surface area (Å²) in [6, 6.07) is 0. The van der Waals surface area contributed by atoms with Crippen molar-refractivity contribution in [2.24, 2.45) is 0 Å². The van der Waals surface area contributed by atoms with Crippen molar-refractivity contribution in [3.8, 4) is 0 Å². The predicted octanol–water partition coefficient (Wildman–Crippen LogP) is -2.95. The zero-order valence-corrected chi connectivity index (χ0v) is 9.59. The van der Waals surface area contributed by atoms with Gasteiger partial charge in [0, 0.05) is 0 Å². The Kier molecular flexibility index (Phi) is 115. The van der Waals surface area contributed by atoms with Crippen LogP contribution >= 0.6 is 0 Å². The molecule has 0 saturated carbocycles. The SMILES string of the molecule is O.O.O.O=[N+]([O-])[O-].O=[N+]([O-])[O-].[Cd+2]. The van der Waals surface area contributed by atoms with E-state index in [1.165, 1.54) is 0 Å². The summed E-state index contributed by atoms with van der Waals surface area (Å²) in [6.07, 6.45) is 0. The van der Waals surface area contributed by atoms with Gasteiger partial charge in [0.1, 0.15) is 0 Å². The minimum absolute atomic E-state index is 0. The molecule has 0 aliphatic heterocycles. The van der Waals surface area contributed by atoms with E-state index in [1.807, 2.05) is 0 Å². The van der Waals surface area contributed by atoms with Crippen LogP contribution in [0.2, 0.25) is 0 Å². The summed E-state index contributed by atoms with van der Waals surface area (Å²) in [5, 5.41) is 29.5. The molecule has 0 bridgehead atoms. The molecule has 0 aliphatic carbocycles. The second-order valence-corrected chi connectivity index (χ2v) is 0.447. The van der Waals surface area contributed by atoms with Crippen LogP contribution in [-0.2, 0) is 27.3 Å². The van der Waals surface area contributed by atoms with Gasteiger partial charge in [0.2, 0.25) is 0 Å². The third-order valence-corrected chi connectivity index (χ3v) is 0. The Morgan fingerprint density at radius 1 is 0.667 bits per heavy atom. The zero-order valence-electron chi connectivity index (χ0n) is 5.55. The average molecular weight is 290 g/mol. The van der Waals surface area contributed by atoms with E-state index in [0.29, 0.717) is 0 Å². The Morgan fingerprint density at radius 2 is 0.667 bits per heavy atom. The molecule has 0 saturated heterocycles. The standard InChI is InChI=1S/Cd.2NO3.3H2O/c;2*2-1(3)4;;;/h;;;3*1H2/q+2;2*-1;;;. The summed E-state index contributed by atoms with van der Waals surface area (Å²) in [7, 11) is 0. The Bertz CT molecular complexity index is 70.5. The molecule has 0 aromatic rings. The molecule has 0 amide bonds. The molecule has 0 heterocycles. The van der Waals surface area contributed by atoms with Crippen LogP contribution in [0, 0.1) is 30.6 Å². The minimum atomic E-state index is -1.75. The molecular weight excluding hydrogens is 284 g/mol. The number of hydrogen-bond donors (Lipinski definition) is 0. The molecular formula is H6CdN2O9. The van der Waals surface area contributed by atoms with E-state index in [9.17, 15) is 0 Å². The van der Waals surface area contributed by atoms with Crippen LogP contribution in [0.1, 0.15) is 0 Å². The quantitative estimate of drug-likeness (QED) is 0.257. The summed E-state index contributed by atoms with van der Waals surface area (Å²) >= 11 is 0. The van der Waals surface area contributed by atoms with Crippen LogP contribution in [0.5, 0.6) is 0 Å². The Morgan fingerprint density at radius 3 is 0.667 bits per heavy atom. The third-order valence-electron chi connectivity index (χ3n) is 0. The van der Waals surface area contributed by atoms with Gasteiger partial charge in [0.25, 0.3) is 0 Å². The molecule has 72 valence electrons. The van der Waals surface area contributed by atoms with E-state index in [2.05, 4.69) is 0 Å². The maximum Gasteiger partial charge on any atom is 2.00 e. The number of nitrogens with zero attached hydrogens (tertiary/aromatic N) is 2. The van der Waals surface area contributed by atoms with E-state index in [1.54, 1.807) is 0 Å². The van der Waals surface area contributed by atoms with Crippen molar-refractivity contribution < 1.29 is 53.9 Å². The summed E-state index contributed by atoms with van der Waals surface area (Å²) in [4.78, 5) is 16.5. The Hall–Kier alpha value is -0.798. The zero-order chi connectivity index (χ0) is 7.15. The first-order chi connectivity index (χ1) is 3.46. The smallest absolute Gasteiger partial charge is 0.412 e. The summed E-state index contributed by atoms with van der Waals surface area (Å²) < 4.78 is 0. The van der Waals surface area contributed by atoms with Crippen LogP contribution in [0.15, 0.2) is 0 Å². The molecule has 0 fully saturated rings. The van der Waals surface area contributed by atoms with Gasteiger partial charge in [-0.2, -0.15) is 0 Å². The van der Waals surface area contributed by atoms with E-state index < -0.39 is 10.2 Å². The van der Waals surface area contributed by atoms with Crippen molar-refractivity contribution in [1.82, 2.24) is 0 Å². The van der Waals surface area contributed by atoms with Crippen LogP contribution in [0.25, 0.3) is 0 Å². The molecule has 12 heavy (non-hydrogen) atoms. The van der Waals surface area contributed by atoms with Crippen LogP contribution in [0.4, 0.5) is 0 Å². The van der Waals surface area contributed by atoms with E-state index in [-0.39, 0.29) is 43.7 Å². The molecule has 0 atom stereocenters. The van der Waals surface area contributed by atoms with Crippen molar-refractivity contribution >= 4 is 0 Å². The fraction of sp³-hybridized carbons (Fsp3) is 0. The monoisotopic (exact) mass is 292 g/mol. The van der Waals surface area contributed by atoms with Gasteiger partial charge in [-0.1, -0.05) is 0 Å². The first-order valence-corrected chi connectivity index (χ1v) is 1.10. The predicted molar refractivity (Wildman–Crippen MR) is 31.6 cm³/mol. The maximum atomic E-state index is 8.25. The second kappa shape index (κ2) is 31.9. The average Bonchev–Trinajstić information content (AvgIpc) is 1.25.